The van der Waals surface area contributed by atoms with E-state index in [9.17, 15) is 9.59 Å². The SMILES string of the molecule is CCCCn1nc(C)c(/C=C/C(=O)Nc2ccc(NC(=O)C(C)C)cc2)c1Cl. The van der Waals surface area contributed by atoms with Crippen LogP contribution in [0.25, 0.3) is 6.08 Å². The molecule has 0 aliphatic carbocycles. The molecule has 150 valence electrons. The molecular weight excluding hydrogens is 376 g/mol. The Labute approximate surface area is 171 Å². The third-order valence-electron chi connectivity index (χ3n) is 4.18. The van der Waals surface area contributed by atoms with Gasteiger partial charge in [-0.05, 0) is 43.7 Å². The van der Waals surface area contributed by atoms with Crippen molar-refractivity contribution >= 4 is 40.9 Å². The molecule has 0 unspecified atom stereocenters. The van der Waals surface area contributed by atoms with Crippen LogP contribution in [0.15, 0.2) is 30.3 Å². The lowest BCUT2D eigenvalue weighted by molar-refractivity contribution is -0.119. The van der Waals surface area contributed by atoms with Crippen molar-refractivity contribution in [2.24, 2.45) is 5.92 Å². The Morgan fingerprint density at radius 1 is 1.18 bits per heavy atom. The van der Waals surface area contributed by atoms with Crippen LogP contribution >= 0.6 is 11.6 Å². The molecule has 1 aromatic carbocycles. The highest BCUT2D eigenvalue weighted by Crippen LogP contribution is 2.22. The molecule has 1 heterocycles. The Morgan fingerprint density at radius 2 is 1.79 bits per heavy atom. The average Bonchev–Trinajstić information content (AvgIpc) is 2.93. The molecule has 2 N–H and O–H groups in total. The van der Waals surface area contributed by atoms with E-state index in [1.165, 1.54) is 6.08 Å². The first-order valence-corrected chi connectivity index (χ1v) is 9.82. The highest BCUT2D eigenvalue weighted by molar-refractivity contribution is 6.31. The molecule has 28 heavy (non-hydrogen) atoms. The standard InChI is InChI=1S/C21H27ClN4O2/c1-5-6-13-26-20(22)18(15(4)25-26)11-12-19(27)23-16-7-9-17(10-8-16)24-21(28)14(2)3/h7-12,14H,5-6,13H2,1-4H3,(H,23,27)(H,24,28)/b12-11+. The summed E-state index contributed by atoms with van der Waals surface area (Å²) in [6, 6.07) is 6.97. The second kappa shape index (κ2) is 10.1. The summed E-state index contributed by atoms with van der Waals surface area (Å²) in [4.78, 5) is 23.9. The molecule has 1 aromatic heterocycles. The fraction of sp³-hybridized carbons (Fsp3) is 0.381. The zero-order valence-electron chi connectivity index (χ0n) is 16.8. The van der Waals surface area contributed by atoms with Crippen molar-refractivity contribution in [1.29, 1.82) is 0 Å². The number of carbonyl (C=O) groups excluding carboxylic acids is 2. The topological polar surface area (TPSA) is 76.0 Å². The van der Waals surface area contributed by atoms with Gasteiger partial charge < -0.3 is 10.6 Å². The van der Waals surface area contributed by atoms with Crippen LogP contribution < -0.4 is 10.6 Å². The highest BCUT2D eigenvalue weighted by Gasteiger charge is 2.11. The minimum Gasteiger partial charge on any atom is -0.326 e. The minimum absolute atomic E-state index is 0.0496. The van der Waals surface area contributed by atoms with Gasteiger partial charge in [0.25, 0.3) is 0 Å². The van der Waals surface area contributed by atoms with Crippen LogP contribution in [0.3, 0.4) is 0 Å². The van der Waals surface area contributed by atoms with Crippen molar-refractivity contribution in [3.05, 3.63) is 46.8 Å². The maximum Gasteiger partial charge on any atom is 0.248 e. The Kier molecular flexibility index (Phi) is 7.81. The van der Waals surface area contributed by atoms with E-state index in [0.29, 0.717) is 16.5 Å². The van der Waals surface area contributed by atoms with Crippen molar-refractivity contribution < 1.29 is 9.59 Å². The molecule has 0 spiro atoms. The monoisotopic (exact) mass is 402 g/mol. The number of aryl methyl sites for hydroxylation is 2. The summed E-state index contributed by atoms with van der Waals surface area (Å²) in [5.41, 5.74) is 2.86. The van der Waals surface area contributed by atoms with Gasteiger partial charge in [0.2, 0.25) is 11.8 Å². The summed E-state index contributed by atoms with van der Waals surface area (Å²) >= 11 is 6.37. The van der Waals surface area contributed by atoms with Gasteiger partial charge in [-0.1, -0.05) is 38.8 Å². The van der Waals surface area contributed by atoms with Crippen LogP contribution in [0, 0.1) is 12.8 Å². The first kappa shape index (κ1) is 21.7. The van der Waals surface area contributed by atoms with E-state index in [4.69, 9.17) is 11.6 Å². The number of amides is 2. The second-order valence-corrected chi connectivity index (χ2v) is 7.27. The number of anilines is 2. The zero-order chi connectivity index (χ0) is 20.7. The summed E-state index contributed by atoms with van der Waals surface area (Å²) in [6.45, 7) is 8.40. The summed E-state index contributed by atoms with van der Waals surface area (Å²) in [7, 11) is 0. The molecule has 6 nitrogen and oxygen atoms in total. The average molecular weight is 403 g/mol. The number of unbranched alkanes of at least 4 members (excludes halogenated alkanes) is 1. The maximum atomic E-state index is 12.2. The lowest BCUT2D eigenvalue weighted by Crippen LogP contribution is -2.17. The molecule has 0 radical (unpaired) electrons. The largest absolute Gasteiger partial charge is 0.326 e. The van der Waals surface area contributed by atoms with Crippen LogP contribution in [0.1, 0.15) is 44.9 Å². The van der Waals surface area contributed by atoms with Gasteiger partial charge in [-0.15, -0.1) is 0 Å². The van der Waals surface area contributed by atoms with E-state index < -0.39 is 0 Å². The summed E-state index contributed by atoms with van der Waals surface area (Å²) in [5.74, 6) is -0.409. The van der Waals surface area contributed by atoms with Gasteiger partial charge in [0.15, 0.2) is 0 Å². The van der Waals surface area contributed by atoms with Crippen LogP contribution in [-0.2, 0) is 16.1 Å². The summed E-state index contributed by atoms with van der Waals surface area (Å²) in [5, 5.41) is 10.6. The van der Waals surface area contributed by atoms with Gasteiger partial charge in [0, 0.05) is 35.5 Å². The van der Waals surface area contributed by atoms with Crippen molar-refractivity contribution in [2.75, 3.05) is 10.6 Å². The smallest absolute Gasteiger partial charge is 0.248 e. The second-order valence-electron chi connectivity index (χ2n) is 6.91. The van der Waals surface area contributed by atoms with Gasteiger partial charge in [-0.3, -0.25) is 14.3 Å². The predicted octanol–water partition coefficient (Wildman–Crippen LogP) is 4.89. The number of carbonyl (C=O) groups is 2. The third kappa shape index (κ3) is 5.96. The van der Waals surface area contributed by atoms with Gasteiger partial charge in [0.1, 0.15) is 5.15 Å². The predicted molar refractivity (Wildman–Crippen MR) is 114 cm³/mol. The van der Waals surface area contributed by atoms with Crippen molar-refractivity contribution in [3.63, 3.8) is 0 Å². The number of rotatable bonds is 8. The van der Waals surface area contributed by atoms with Crippen LogP contribution in [0.5, 0.6) is 0 Å². The van der Waals surface area contributed by atoms with E-state index in [2.05, 4.69) is 22.7 Å². The normalized spacial score (nSPS) is 11.2. The van der Waals surface area contributed by atoms with Gasteiger partial charge >= 0.3 is 0 Å². The molecule has 0 fully saturated rings. The van der Waals surface area contributed by atoms with Crippen molar-refractivity contribution in [3.8, 4) is 0 Å². The Bertz CT molecular complexity index is 854. The van der Waals surface area contributed by atoms with E-state index in [1.54, 1.807) is 35.0 Å². The lowest BCUT2D eigenvalue weighted by atomic mass is 10.2. The van der Waals surface area contributed by atoms with E-state index in [1.807, 2.05) is 20.8 Å². The highest BCUT2D eigenvalue weighted by atomic mass is 35.5. The summed E-state index contributed by atoms with van der Waals surface area (Å²) < 4.78 is 1.77. The number of hydrogen-bond acceptors (Lipinski definition) is 3. The quantitative estimate of drug-likeness (QED) is 0.617. The minimum atomic E-state index is -0.268. The molecule has 0 aliphatic rings. The summed E-state index contributed by atoms with van der Waals surface area (Å²) in [6.07, 6.45) is 5.18. The first-order valence-electron chi connectivity index (χ1n) is 9.44. The molecular formula is C21H27ClN4O2. The number of hydrogen-bond donors (Lipinski definition) is 2. The van der Waals surface area contributed by atoms with E-state index in [-0.39, 0.29) is 17.7 Å². The lowest BCUT2D eigenvalue weighted by Gasteiger charge is -2.08. The van der Waals surface area contributed by atoms with Crippen LogP contribution in [0.2, 0.25) is 5.15 Å². The Balaban J connectivity index is 1.98. The molecule has 7 heteroatoms. The van der Waals surface area contributed by atoms with E-state index in [0.717, 1.165) is 30.6 Å². The van der Waals surface area contributed by atoms with Crippen LogP contribution in [0.4, 0.5) is 11.4 Å². The molecule has 0 aliphatic heterocycles. The Hall–Kier alpha value is -2.60. The number of aromatic nitrogens is 2. The molecule has 0 atom stereocenters. The first-order chi connectivity index (χ1) is 13.3. The molecule has 2 aromatic rings. The van der Waals surface area contributed by atoms with Crippen molar-refractivity contribution in [1.82, 2.24) is 9.78 Å². The Morgan fingerprint density at radius 3 is 2.36 bits per heavy atom. The molecule has 0 bridgehead atoms. The molecule has 2 amide bonds. The van der Waals surface area contributed by atoms with Gasteiger partial charge in [-0.25, -0.2) is 0 Å². The number of nitrogens with zero attached hydrogens (tertiary/aromatic N) is 2. The number of halogens is 1. The third-order valence-corrected chi connectivity index (χ3v) is 4.58. The fourth-order valence-electron chi connectivity index (χ4n) is 2.48. The van der Waals surface area contributed by atoms with Gasteiger partial charge in [0.05, 0.1) is 5.69 Å². The molecule has 2 rings (SSSR count). The number of benzene rings is 1. The fourth-order valence-corrected chi connectivity index (χ4v) is 2.80. The molecule has 0 saturated carbocycles. The maximum absolute atomic E-state index is 12.2. The van der Waals surface area contributed by atoms with Crippen molar-refractivity contribution in [2.45, 2.75) is 47.1 Å². The number of nitrogens with one attached hydrogen (secondary N) is 2. The van der Waals surface area contributed by atoms with E-state index >= 15 is 0 Å². The van der Waals surface area contributed by atoms with Gasteiger partial charge in [-0.2, -0.15) is 5.10 Å². The zero-order valence-corrected chi connectivity index (χ0v) is 17.5. The van der Waals surface area contributed by atoms with Crippen LogP contribution in [-0.4, -0.2) is 21.6 Å². The molecule has 0 saturated heterocycles.